The van der Waals surface area contributed by atoms with E-state index in [1.807, 2.05) is 30.3 Å². The Labute approximate surface area is 114 Å². The summed E-state index contributed by atoms with van der Waals surface area (Å²) in [5, 5.41) is 9.74. The van der Waals surface area contributed by atoms with Crippen LogP contribution in [0.5, 0.6) is 0 Å². The van der Waals surface area contributed by atoms with Gasteiger partial charge < -0.3 is 9.84 Å². The summed E-state index contributed by atoms with van der Waals surface area (Å²) in [6, 6.07) is 9.50. The van der Waals surface area contributed by atoms with E-state index in [1.165, 1.54) is 4.90 Å². The van der Waals surface area contributed by atoms with Gasteiger partial charge in [0.05, 0.1) is 3.92 Å². The Balaban J connectivity index is 1.86. The Bertz CT molecular complexity index is 385. The third kappa shape index (κ3) is 3.10. The zero-order chi connectivity index (χ0) is 12.3. The molecule has 5 heteroatoms. The highest BCUT2D eigenvalue weighted by molar-refractivity contribution is 14.1. The summed E-state index contributed by atoms with van der Waals surface area (Å²) in [7, 11) is 0. The highest BCUT2D eigenvalue weighted by atomic mass is 127. The zero-order valence-corrected chi connectivity index (χ0v) is 11.4. The van der Waals surface area contributed by atoms with E-state index in [9.17, 15) is 9.90 Å². The van der Waals surface area contributed by atoms with Crippen LogP contribution in [0.3, 0.4) is 0 Å². The molecule has 0 spiro atoms. The molecule has 1 saturated heterocycles. The lowest BCUT2D eigenvalue weighted by Crippen LogP contribution is -2.38. The molecule has 0 bridgehead atoms. The molecule has 1 aromatic carbocycles. The van der Waals surface area contributed by atoms with Crippen molar-refractivity contribution < 1.29 is 14.6 Å². The van der Waals surface area contributed by atoms with Crippen LogP contribution < -0.4 is 0 Å². The maximum atomic E-state index is 11.7. The Hall–Kier alpha value is -0.820. The van der Waals surface area contributed by atoms with Crippen LogP contribution in [0.2, 0.25) is 0 Å². The first-order valence-corrected chi connectivity index (χ1v) is 6.72. The maximum Gasteiger partial charge on any atom is 0.412 e. The highest BCUT2D eigenvalue weighted by Crippen LogP contribution is 2.23. The van der Waals surface area contributed by atoms with Gasteiger partial charge in [-0.25, -0.2) is 4.79 Å². The van der Waals surface area contributed by atoms with Gasteiger partial charge in [-0.3, -0.25) is 4.90 Å². The van der Waals surface area contributed by atoms with Gasteiger partial charge in [0.15, 0.2) is 0 Å². The number of rotatable bonds is 2. The molecular formula is C12H14INO3. The van der Waals surface area contributed by atoms with E-state index < -0.39 is 12.3 Å². The number of likely N-dealkylation sites (tertiary alicyclic amines) is 1. The third-order valence-corrected chi connectivity index (χ3v) is 3.99. The fourth-order valence-electron chi connectivity index (χ4n) is 1.74. The number of nitrogens with zero attached hydrogens (tertiary/aromatic N) is 1. The second kappa shape index (κ2) is 5.68. The van der Waals surface area contributed by atoms with Gasteiger partial charge in [0.2, 0.25) is 0 Å². The molecule has 0 aliphatic carbocycles. The first-order valence-electron chi connectivity index (χ1n) is 5.48. The van der Waals surface area contributed by atoms with E-state index in [4.69, 9.17) is 4.74 Å². The minimum absolute atomic E-state index is 0.0943. The lowest BCUT2D eigenvalue weighted by molar-refractivity contribution is 0.0257. The van der Waals surface area contributed by atoms with Crippen molar-refractivity contribution >= 4 is 28.7 Å². The Morgan fingerprint density at radius 3 is 2.76 bits per heavy atom. The number of hydrogen-bond donors (Lipinski definition) is 1. The molecule has 0 radical (unpaired) electrons. The van der Waals surface area contributed by atoms with Gasteiger partial charge in [-0.2, -0.15) is 0 Å². The van der Waals surface area contributed by atoms with Gasteiger partial charge >= 0.3 is 6.09 Å². The Morgan fingerprint density at radius 2 is 2.18 bits per heavy atom. The largest absolute Gasteiger partial charge is 0.444 e. The van der Waals surface area contributed by atoms with Crippen molar-refractivity contribution in [3.8, 4) is 0 Å². The molecule has 1 amide bonds. The predicted molar refractivity (Wildman–Crippen MR) is 71.8 cm³/mol. The first kappa shape index (κ1) is 12.6. The fourth-order valence-corrected chi connectivity index (χ4v) is 2.41. The quantitative estimate of drug-likeness (QED) is 0.659. The zero-order valence-electron chi connectivity index (χ0n) is 9.25. The van der Waals surface area contributed by atoms with E-state index in [-0.39, 0.29) is 10.5 Å². The van der Waals surface area contributed by atoms with Gasteiger partial charge in [-0.05, 0) is 12.0 Å². The lowest BCUT2D eigenvalue weighted by atomic mass is 10.2. The van der Waals surface area contributed by atoms with Crippen molar-refractivity contribution in [3.63, 3.8) is 0 Å². The van der Waals surface area contributed by atoms with E-state index in [1.54, 1.807) is 0 Å². The Kier molecular flexibility index (Phi) is 4.22. The lowest BCUT2D eigenvalue weighted by Gasteiger charge is -2.20. The van der Waals surface area contributed by atoms with Crippen LogP contribution in [0.1, 0.15) is 12.0 Å². The molecule has 1 aromatic rings. The first-order chi connectivity index (χ1) is 8.18. The summed E-state index contributed by atoms with van der Waals surface area (Å²) < 4.78 is 5.25. The normalized spacial score (nSPS) is 23.8. The summed E-state index contributed by atoms with van der Waals surface area (Å²) in [6.07, 6.45) is -0.360. The van der Waals surface area contributed by atoms with Crippen molar-refractivity contribution in [2.24, 2.45) is 0 Å². The van der Waals surface area contributed by atoms with Gasteiger partial charge in [0.1, 0.15) is 12.8 Å². The molecule has 1 N–H and O–H groups in total. The summed E-state index contributed by atoms with van der Waals surface area (Å²) in [4.78, 5) is 13.1. The van der Waals surface area contributed by atoms with Crippen LogP contribution in [-0.4, -0.2) is 32.8 Å². The predicted octanol–water partition coefficient (Wildman–Crippen LogP) is 2.15. The topological polar surface area (TPSA) is 49.8 Å². The average molecular weight is 347 g/mol. The SMILES string of the molecule is O=C(OCc1ccccc1)N1CC[C@H](I)[C@H]1O. The number of hydrogen-bond acceptors (Lipinski definition) is 3. The van der Waals surface area contributed by atoms with Crippen LogP contribution in [-0.2, 0) is 11.3 Å². The summed E-state index contributed by atoms with van der Waals surface area (Å²) in [6.45, 7) is 0.803. The standard InChI is InChI=1S/C12H14INO3/c13-10-6-7-14(11(10)15)12(16)17-8-9-4-2-1-3-5-9/h1-5,10-11,15H,6-8H2/t10-,11+/m0/s1. The molecule has 4 nitrogen and oxygen atoms in total. The molecule has 2 atom stereocenters. The molecule has 2 rings (SSSR count). The van der Waals surface area contributed by atoms with E-state index in [0.717, 1.165) is 12.0 Å². The minimum Gasteiger partial charge on any atom is -0.444 e. The van der Waals surface area contributed by atoms with Crippen LogP contribution in [0.15, 0.2) is 30.3 Å². The number of halogens is 1. The number of aliphatic hydroxyl groups excluding tert-OH is 1. The summed E-state index contributed by atoms with van der Waals surface area (Å²) in [5.74, 6) is 0. The summed E-state index contributed by atoms with van der Waals surface area (Å²) >= 11 is 2.15. The van der Waals surface area contributed by atoms with Crippen molar-refractivity contribution in [1.29, 1.82) is 0 Å². The molecule has 17 heavy (non-hydrogen) atoms. The molecule has 0 saturated carbocycles. The molecular weight excluding hydrogens is 333 g/mol. The van der Waals surface area contributed by atoms with Gasteiger partial charge in [-0.1, -0.05) is 52.9 Å². The van der Waals surface area contributed by atoms with E-state index >= 15 is 0 Å². The molecule has 1 aliphatic heterocycles. The third-order valence-electron chi connectivity index (χ3n) is 2.73. The van der Waals surface area contributed by atoms with Gasteiger partial charge in [0.25, 0.3) is 0 Å². The minimum atomic E-state index is -0.723. The number of alkyl halides is 1. The number of aliphatic hydroxyl groups is 1. The number of carbonyl (C=O) groups is 1. The van der Waals surface area contributed by atoms with E-state index in [2.05, 4.69) is 22.6 Å². The van der Waals surface area contributed by atoms with Crippen molar-refractivity contribution in [1.82, 2.24) is 4.90 Å². The van der Waals surface area contributed by atoms with Crippen LogP contribution in [0.25, 0.3) is 0 Å². The number of carbonyl (C=O) groups excluding carboxylic acids is 1. The fraction of sp³-hybridized carbons (Fsp3) is 0.417. The average Bonchev–Trinajstić information content (AvgIpc) is 2.69. The molecule has 1 fully saturated rings. The van der Waals surface area contributed by atoms with Gasteiger partial charge in [0, 0.05) is 6.54 Å². The molecule has 0 unspecified atom stereocenters. The second-order valence-electron chi connectivity index (χ2n) is 3.95. The van der Waals surface area contributed by atoms with Crippen LogP contribution >= 0.6 is 22.6 Å². The number of benzene rings is 1. The van der Waals surface area contributed by atoms with Crippen molar-refractivity contribution in [3.05, 3.63) is 35.9 Å². The van der Waals surface area contributed by atoms with Crippen LogP contribution in [0.4, 0.5) is 4.79 Å². The van der Waals surface area contributed by atoms with E-state index in [0.29, 0.717) is 6.54 Å². The number of amides is 1. The van der Waals surface area contributed by atoms with Crippen LogP contribution in [0, 0.1) is 0 Å². The summed E-state index contributed by atoms with van der Waals surface area (Å²) in [5.41, 5.74) is 0.945. The number of ether oxygens (including phenoxy) is 1. The second-order valence-corrected chi connectivity index (χ2v) is 5.55. The van der Waals surface area contributed by atoms with Crippen molar-refractivity contribution in [2.45, 2.75) is 23.2 Å². The van der Waals surface area contributed by atoms with Gasteiger partial charge in [-0.15, -0.1) is 0 Å². The Morgan fingerprint density at radius 1 is 1.47 bits per heavy atom. The van der Waals surface area contributed by atoms with Crippen molar-refractivity contribution in [2.75, 3.05) is 6.54 Å². The smallest absolute Gasteiger partial charge is 0.412 e. The molecule has 1 aliphatic rings. The highest BCUT2D eigenvalue weighted by Gasteiger charge is 2.34. The molecule has 92 valence electrons. The maximum absolute atomic E-state index is 11.7. The molecule has 1 heterocycles. The molecule has 0 aromatic heterocycles. The monoisotopic (exact) mass is 347 g/mol.